The molecule has 3 nitrogen and oxygen atoms in total. The van der Waals surface area contributed by atoms with Gasteiger partial charge < -0.3 is 5.11 Å². The molecule has 1 fully saturated rings. The third kappa shape index (κ3) is 2.72. The Morgan fingerprint density at radius 2 is 2.17 bits per heavy atom. The highest BCUT2D eigenvalue weighted by molar-refractivity contribution is 6.31. The number of aliphatic hydroxyl groups is 1. The lowest BCUT2D eigenvalue weighted by molar-refractivity contribution is 0.0466. The number of hydrogen-bond acceptors (Lipinski definition) is 2. The van der Waals surface area contributed by atoms with Crippen molar-refractivity contribution in [1.82, 2.24) is 9.78 Å². The maximum Gasteiger partial charge on any atom is 0.0847 e. The number of aryl methyl sites for hydroxylation is 2. The Kier molecular flexibility index (Phi) is 4.33. The smallest absolute Gasteiger partial charge is 0.0847 e. The first-order valence-corrected chi connectivity index (χ1v) is 7.26. The molecule has 2 rings (SSSR count). The van der Waals surface area contributed by atoms with Crippen LogP contribution in [0.3, 0.4) is 0 Å². The van der Waals surface area contributed by atoms with Crippen molar-refractivity contribution in [2.24, 2.45) is 18.9 Å². The van der Waals surface area contributed by atoms with Crippen LogP contribution in [-0.2, 0) is 13.5 Å². The number of aliphatic hydroxyl groups excluding tert-OH is 1. The van der Waals surface area contributed by atoms with Crippen molar-refractivity contribution in [3.63, 3.8) is 0 Å². The van der Waals surface area contributed by atoms with E-state index in [1.165, 1.54) is 6.42 Å². The Balaban J connectivity index is 2.11. The third-order valence-electron chi connectivity index (χ3n) is 4.35. The van der Waals surface area contributed by atoms with Gasteiger partial charge in [0.1, 0.15) is 0 Å². The van der Waals surface area contributed by atoms with E-state index in [0.717, 1.165) is 48.0 Å². The predicted octanol–water partition coefficient (Wildman–Crippen LogP) is 3.11. The molecule has 0 aromatic carbocycles. The first-order chi connectivity index (χ1) is 8.52. The number of aromatic nitrogens is 2. The molecule has 0 bridgehead atoms. The normalized spacial score (nSPS) is 28.6. The highest BCUT2D eigenvalue weighted by atomic mass is 35.5. The summed E-state index contributed by atoms with van der Waals surface area (Å²) in [7, 11) is 1.93. The minimum Gasteiger partial charge on any atom is -0.393 e. The molecule has 1 aliphatic carbocycles. The maximum absolute atomic E-state index is 10.2. The van der Waals surface area contributed by atoms with E-state index in [1.54, 1.807) is 0 Å². The van der Waals surface area contributed by atoms with Gasteiger partial charge in [-0.3, -0.25) is 4.68 Å². The van der Waals surface area contributed by atoms with E-state index < -0.39 is 0 Å². The minimum absolute atomic E-state index is 0.181. The zero-order chi connectivity index (χ0) is 13.3. The summed E-state index contributed by atoms with van der Waals surface area (Å²) >= 11 is 6.29. The highest BCUT2D eigenvalue weighted by Gasteiger charge is 2.30. The monoisotopic (exact) mass is 270 g/mol. The Hall–Kier alpha value is -0.540. The second kappa shape index (κ2) is 5.62. The zero-order valence-electron chi connectivity index (χ0n) is 11.5. The summed E-state index contributed by atoms with van der Waals surface area (Å²) in [6.45, 7) is 4.17. The average Bonchev–Trinajstić information content (AvgIpc) is 2.58. The summed E-state index contributed by atoms with van der Waals surface area (Å²) in [6, 6.07) is 0. The molecular weight excluding hydrogens is 248 g/mol. The van der Waals surface area contributed by atoms with Crippen molar-refractivity contribution < 1.29 is 5.11 Å². The van der Waals surface area contributed by atoms with Gasteiger partial charge in [-0.1, -0.05) is 24.9 Å². The molecule has 0 radical (unpaired) electrons. The van der Waals surface area contributed by atoms with Gasteiger partial charge in [0.15, 0.2) is 0 Å². The van der Waals surface area contributed by atoms with Crippen LogP contribution in [-0.4, -0.2) is 21.0 Å². The molecular formula is C14H23ClN2O. The lowest BCUT2D eigenvalue weighted by Crippen LogP contribution is -2.31. The van der Waals surface area contributed by atoms with Crippen LogP contribution in [0.4, 0.5) is 0 Å². The molecule has 4 heteroatoms. The molecule has 1 saturated carbocycles. The number of rotatable bonds is 3. The summed E-state index contributed by atoms with van der Waals surface area (Å²) in [5.41, 5.74) is 1.95. The van der Waals surface area contributed by atoms with Gasteiger partial charge in [-0.15, -0.1) is 0 Å². The van der Waals surface area contributed by atoms with Crippen molar-refractivity contribution in [2.75, 3.05) is 0 Å². The van der Waals surface area contributed by atoms with E-state index >= 15 is 0 Å². The van der Waals surface area contributed by atoms with Crippen LogP contribution in [0, 0.1) is 18.8 Å². The average molecular weight is 271 g/mol. The van der Waals surface area contributed by atoms with Gasteiger partial charge >= 0.3 is 0 Å². The molecule has 1 aliphatic rings. The molecule has 1 heterocycles. The standard InChI is InChI=1S/C14H23ClN2O/c1-4-10-5-6-13(18)11(7-10)8-12-14(15)9(2)16-17(12)3/h10-11,13,18H,4-8H2,1-3H3. The summed E-state index contributed by atoms with van der Waals surface area (Å²) in [4.78, 5) is 0. The maximum atomic E-state index is 10.2. The van der Waals surface area contributed by atoms with Gasteiger partial charge in [0.2, 0.25) is 0 Å². The molecule has 0 spiro atoms. The van der Waals surface area contributed by atoms with Crippen LogP contribution in [0.25, 0.3) is 0 Å². The zero-order valence-corrected chi connectivity index (χ0v) is 12.2. The van der Waals surface area contributed by atoms with Crippen LogP contribution in [0.1, 0.15) is 44.0 Å². The lowest BCUT2D eigenvalue weighted by atomic mass is 9.76. The summed E-state index contributed by atoms with van der Waals surface area (Å²) in [5.74, 6) is 1.09. The molecule has 1 aromatic rings. The largest absolute Gasteiger partial charge is 0.393 e. The van der Waals surface area contributed by atoms with Crippen LogP contribution >= 0.6 is 11.6 Å². The van der Waals surface area contributed by atoms with Crippen molar-refractivity contribution >= 4 is 11.6 Å². The fourth-order valence-corrected chi connectivity index (χ4v) is 3.32. The van der Waals surface area contributed by atoms with E-state index in [2.05, 4.69) is 12.0 Å². The molecule has 18 heavy (non-hydrogen) atoms. The lowest BCUT2D eigenvalue weighted by Gasteiger charge is -2.33. The van der Waals surface area contributed by atoms with E-state index in [4.69, 9.17) is 11.6 Å². The van der Waals surface area contributed by atoms with E-state index in [0.29, 0.717) is 5.92 Å². The Bertz CT molecular complexity index is 416. The first-order valence-electron chi connectivity index (χ1n) is 6.89. The molecule has 0 aliphatic heterocycles. The van der Waals surface area contributed by atoms with Crippen LogP contribution in [0.15, 0.2) is 0 Å². The van der Waals surface area contributed by atoms with Gasteiger partial charge in [0.05, 0.1) is 22.5 Å². The van der Waals surface area contributed by atoms with Crippen LogP contribution in [0.2, 0.25) is 5.02 Å². The third-order valence-corrected chi connectivity index (χ3v) is 4.84. The summed E-state index contributed by atoms with van der Waals surface area (Å²) in [5, 5.41) is 15.3. The Morgan fingerprint density at radius 3 is 2.72 bits per heavy atom. The van der Waals surface area contributed by atoms with Gasteiger partial charge in [-0.2, -0.15) is 5.10 Å². The first kappa shape index (κ1) is 13.9. The molecule has 3 atom stereocenters. The van der Waals surface area contributed by atoms with Gasteiger partial charge in [-0.05, 0) is 44.4 Å². The molecule has 0 amide bonds. The molecule has 1 N–H and O–H groups in total. The SMILES string of the molecule is CCC1CCC(O)C(Cc2c(Cl)c(C)nn2C)C1. The van der Waals surface area contributed by atoms with E-state index in [9.17, 15) is 5.11 Å². The summed E-state index contributed by atoms with van der Waals surface area (Å²) < 4.78 is 1.86. The van der Waals surface area contributed by atoms with Crippen LogP contribution < -0.4 is 0 Å². The summed E-state index contributed by atoms with van der Waals surface area (Å²) in [6.07, 6.45) is 5.07. The van der Waals surface area contributed by atoms with Gasteiger partial charge in [0, 0.05) is 7.05 Å². The quantitative estimate of drug-likeness (QED) is 0.916. The Labute approximate surface area is 114 Å². The van der Waals surface area contributed by atoms with Crippen molar-refractivity contribution in [3.05, 3.63) is 16.4 Å². The fourth-order valence-electron chi connectivity index (χ4n) is 3.09. The number of hydrogen-bond donors (Lipinski definition) is 1. The molecule has 1 aromatic heterocycles. The number of nitrogens with zero attached hydrogens (tertiary/aromatic N) is 2. The second-order valence-corrected chi connectivity index (χ2v) is 5.97. The minimum atomic E-state index is -0.181. The second-order valence-electron chi connectivity index (χ2n) is 5.59. The van der Waals surface area contributed by atoms with Gasteiger partial charge in [-0.25, -0.2) is 0 Å². The topological polar surface area (TPSA) is 38.1 Å². The van der Waals surface area contributed by atoms with Crippen molar-refractivity contribution in [3.8, 4) is 0 Å². The van der Waals surface area contributed by atoms with Crippen molar-refractivity contribution in [1.29, 1.82) is 0 Å². The molecule has 102 valence electrons. The van der Waals surface area contributed by atoms with Gasteiger partial charge in [0.25, 0.3) is 0 Å². The highest BCUT2D eigenvalue weighted by Crippen LogP contribution is 2.34. The van der Waals surface area contributed by atoms with Crippen molar-refractivity contribution in [2.45, 2.75) is 52.1 Å². The molecule has 0 saturated heterocycles. The molecule has 3 unspecified atom stereocenters. The Morgan fingerprint density at radius 1 is 1.44 bits per heavy atom. The van der Waals surface area contributed by atoms with Crippen LogP contribution in [0.5, 0.6) is 0 Å². The van der Waals surface area contributed by atoms with E-state index in [-0.39, 0.29) is 6.10 Å². The fraction of sp³-hybridized carbons (Fsp3) is 0.786. The number of halogens is 1. The van der Waals surface area contributed by atoms with E-state index in [1.807, 2.05) is 18.7 Å². The predicted molar refractivity (Wildman–Crippen MR) is 73.8 cm³/mol.